The number of likely N-dealkylation sites (tertiary alicyclic amines) is 3. The van der Waals surface area contributed by atoms with E-state index in [4.69, 9.17) is 4.42 Å². The van der Waals surface area contributed by atoms with Crippen LogP contribution in [0.4, 0.5) is 0 Å². The molecular formula is C20H29N3O3. The Morgan fingerprint density at radius 1 is 1.19 bits per heavy atom. The van der Waals surface area contributed by atoms with Crippen LogP contribution < -0.4 is 0 Å². The van der Waals surface area contributed by atoms with Crippen molar-refractivity contribution >= 4 is 11.8 Å². The smallest absolute Gasteiger partial charge is 0.232 e. The summed E-state index contributed by atoms with van der Waals surface area (Å²) in [5.41, 5.74) is 0.711. The molecule has 1 aromatic rings. The fourth-order valence-corrected chi connectivity index (χ4v) is 5.00. The zero-order valence-electron chi connectivity index (χ0n) is 15.8. The van der Waals surface area contributed by atoms with Gasteiger partial charge in [0, 0.05) is 63.2 Å². The number of carbonyl (C=O) groups is 2. The molecule has 3 saturated heterocycles. The van der Waals surface area contributed by atoms with Gasteiger partial charge in [0.2, 0.25) is 11.8 Å². The molecule has 3 aliphatic rings. The number of hydrogen-bond acceptors (Lipinski definition) is 4. The topological polar surface area (TPSA) is 57.0 Å². The molecule has 0 aromatic carbocycles. The Morgan fingerprint density at radius 2 is 1.96 bits per heavy atom. The fourth-order valence-electron chi connectivity index (χ4n) is 5.00. The maximum atomic E-state index is 13.5. The minimum atomic E-state index is -0.432. The van der Waals surface area contributed by atoms with Crippen molar-refractivity contribution in [3.8, 4) is 0 Å². The third kappa shape index (κ3) is 2.94. The third-order valence-corrected chi connectivity index (χ3v) is 6.29. The highest BCUT2D eigenvalue weighted by atomic mass is 16.3. The molecule has 0 spiro atoms. The van der Waals surface area contributed by atoms with Gasteiger partial charge in [-0.25, -0.2) is 0 Å². The van der Waals surface area contributed by atoms with Crippen LogP contribution in [0.3, 0.4) is 0 Å². The molecular weight excluding hydrogens is 330 g/mol. The Labute approximate surface area is 155 Å². The van der Waals surface area contributed by atoms with Crippen LogP contribution in [0.1, 0.15) is 32.3 Å². The number of nitrogens with zero attached hydrogens (tertiary/aromatic N) is 3. The van der Waals surface area contributed by atoms with E-state index in [1.807, 2.05) is 29.7 Å². The first-order chi connectivity index (χ1) is 12.5. The maximum absolute atomic E-state index is 13.5. The van der Waals surface area contributed by atoms with Crippen molar-refractivity contribution in [3.63, 3.8) is 0 Å². The van der Waals surface area contributed by atoms with Gasteiger partial charge in [0.05, 0.1) is 17.9 Å². The van der Waals surface area contributed by atoms with Gasteiger partial charge < -0.3 is 14.2 Å². The minimum Gasteiger partial charge on any atom is -0.472 e. The number of hydrogen-bond donors (Lipinski definition) is 0. The summed E-state index contributed by atoms with van der Waals surface area (Å²) in [5.74, 6) is 0.656. The van der Waals surface area contributed by atoms with Crippen LogP contribution in [0.25, 0.3) is 0 Å². The Balaban J connectivity index is 1.55. The molecule has 26 heavy (non-hydrogen) atoms. The highest BCUT2D eigenvalue weighted by Gasteiger charge is 2.59. The third-order valence-electron chi connectivity index (χ3n) is 6.29. The molecule has 0 N–H and O–H groups in total. The molecule has 3 aliphatic heterocycles. The van der Waals surface area contributed by atoms with Crippen molar-refractivity contribution < 1.29 is 14.0 Å². The van der Waals surface area contributed by atoms with Crippen molar-refractivity contribution in [3.05, 3.63) is 24.2 Å². The van der Waals surface area contributed by atoms with Crippen LogP contribution in [-0.2, 0) is 16.1 Å². The molecule has 3 fully saturated rings. The van der Waals surface area contributed by atoms with Crippen molar-refractivity contribution in [1.29, 1.82) is 0 Å². The summed E-state index contributed by atoms with van der Waals surface area (Å²) in [6, 6.07) is 1.98. The predicted octanol–water partition coefficient (Wildman–Crippen LogP) is 1.82. The summed E-state index contributed by atoms with van der Waals surface area (Å²) in [6.07, 6.45) is 5.66. The summed E-state index contributed by atoms with van der Waals surface area (Å²) >= 11 is 0. The van der Waals surface area contributed by atoms with E-state index in [2.05, 4.69) is 4.90 Å². The molecule has 0 saturated carbocycles. The van der Waals surface area contributed by atoms with Gasteiger partial charge in [-0.2, -0.15) is 0 Å². The number of furan rings is 1. The molecule has 4 heterocycles. The van der Waals surface area contributed by atoms with Gasteiger partial charge in [-0.15, -0.1) is 0 Å². The average Bonchev–Trinajstić information content (AvgIpc) is 3.37. The molecule has 4 rings (SSSR count). The van der Waals surface area contributed by atoms with E-state index in [0.29, 0.717) is 13.1 Å². The summed E-state index contributed by atoms with van der Waals surface area (Å²) in [4.78, 5) is 32.4. The lowest BCUT2D eigenvalue weighted by Crippen LogP contribution is -2.49. The van der Waals surface area contributed by atoms with E-state index in [-0.39, 0.29) is 23.7 Å². The molecule has 0 bridgehead atoms. The molecule has 2 amide bonds. The lowest BCUT2D eigenvalue weighted by atomic mass is 9.79. The van der Waals surface area contributed by atoms with Crippen LogP contribution in [-0.4, -0.2) is 65.8 Å². The number of rotatable bonds is 4. The highest BCUT2D eigenvalue weighted by molar-refractivity contribution is 5.87. The van der Waals surface area contributed by atoms with Gasteiger partial charge in [-0.05, 0) is 18.9 Å². The maximum Gasteiger partial charge on any atom is 0.232 e. The van der Waals surface area contributed by atoms with E-state index >= 15 is 0 Å². The standard InChI is InChI=1S/C20H29N3O3/c1-15(2)18(24)23-11-17-10-21(9-16-5-8-26-12-16)13-20(17,14-23)19(25)22-6-3-4-7-22/h5,8,12,15,17H,3-4,6-7,9-11,13-14H2,1-2H3/t17-,20-/m1/s1. The molecule has 6 nitrogen and oxygen atoms in total. The molecule has 2 atom stereocenters. The summed E-state index contributed by atoms with van der Waals surface area (Å²) in [6.45, 7) is 9.31. The second-order valence-electron chi connectivity index (χ2n) is 8.53. The SMILES string of the molecule is CC(C)C(=O)N1C[C@H]2CN(Cc3ccoc3)C[C@@]2(C(=O)N2CCCC2)C1. The van der Waals surface area contributed by atoms with E-state index in [9.17, 15) is 9.59 Å². The molecule has 0 radical (unpaired) electrons. The van der Waals surface area contributed by atoms with Crippen molar-refractivity contribution in [2.45, 2.75) is 33.2 Å². The van der Waals surface area contributed by atoms with Crippen molar-refractivity contribution in [1.82, 2.24) is 14.7 Å². The first kappa shape index (κ1) is 17.6. The average molecular weight is 359 g/mol. The summed E-state index contributed by atoms with van der Waals surface area (Å²) < 4.78 is 5.19. The second kappa shape index (κ2) is 6.72. The van der Waals surface area contributed by atoms with E-state index in [1.165, 1.54) is 0 Å². The van der Waals surface area contributed by atoms with Gasteiger partial charge in [-0.1, -0.05) is 13.8 Å². The highest BCUT2D eigenvalue weighted by Crippen LogP contribution is 2.45. The second-order valence-corrected chi connectivity index (χ2v) is 8.53. The van der Waals surface area contributed by atoms with Gasteiger partial charge in [0.25, 0.3) is 0 Å². The van der Waals surface area contributed by atoms with Gasteiger partial charge >= 0.3 is 0 Å². The Morgan fingerprint density at radius 3 is 2.62 bits per heavy atom. The van der Waals surface area contributed by atoms with Crippen molar-refractivity contribution in [2.24, 2.45) is 17.3 Å². The fraction of sp³-hybridized carbons (Fsp3) is 0.700. The number of carbonyl (C=O) groups excluding carboxylic acids is 2. The quantitative estimate of drug-likeness (QED) is 0.823. The zero-order chi connectivity index (χ0) is 18.3. The van der Waals surface area contributed by atoms with Crippen LogP contribution in [0.15, 0.2) is 23.0 Å². The molecule has 6 heteroatoms. The predicted molar refractivity (Wildman–Crippen MR) is 97.1 cm³/mol. The first-order valence-electron chi connectivity index (χ1n) is 9.81. The van der Waals surface area contributed by atoms with Crippen LogP contribution in [0.2, 0.25) is 0 Å². The van der Waals surface area contributed by atoms with E-state index in [1.54, 1.807) is 12.5 Å². The Hall–Kier alpha value is -1.82. The van der Waals surface area contributed by atoms with Crippen LogP contribution in [0, 0.1) is 17.3 Å². The molecule has 0 aliphatic carbocycles. The molecule has 0 unspecified atom stereocenters. The number of fused-ring (bicyclic) bond motifs is 1. The normalized spacial score (nSPS) is 29.0. The summed E-state index contributed by atoms with van der Waals surface area (Å²) in [5, 5.41) is 0. The number of amides is 2. The Kier molecular flexibility index (Phi) is 4.55. The van der Waals surface area contributed by atoms with Gasteiger partial charge in [-0.3, -0.25) is 14.5 Å². The van der Waals surface area contributed by atoms with Crippen LogP contribution >= 0.6 is 0 Å². The van der Waals surface area contributed by atoms with Gasteiger partial charge in [0.1, 0.15) is 0 Å². The zero-order valence-corrected chi connectivity index (χ0v) is 15.8. The summed E-state index contributed by atoms with van der Waals surface area (Å²) in [7, 11) is 0. The largest absolute Gasteiger partial charge is 0.472 e. The minimum absolute atomic E-state index is 0.0187. The molecule has 142 valence electrons. The molecule has 1 aromatic heterocycles. The van der Waals surface area contributed by atoms with Crippen LogP contribution in [0.5, 0.6) is 0 Å². The van der Waals surface area contributed by atoms with E-state index in [0.717, 1.165) is 51.1 Å². The lowest BCUT2D eigenvalue weighted by molar-refractivity contribution is -0.142. The monoisotopic (exact) mass is 359 g/mol. The first-order valence-corrected chi connectivity index (χ1v) is 9.81. The van der Waals surface area contributed by atoms with Gasteiger partial charge in [0.15, 0.2) is 0 Å². The Bertz CT molecular complexity index is 666. The van der Waals surface area contributed by atoms with E-state index < -0.39 is 5.41 Å². The van der Waals surface area contributed by atoms with Crippen molar-refractivity contribution in [2.75, 3.05) is 39.3 Å². The lowest BCUT2D eigenvalue weighted by Gasteiger charge is -2.32.